The van der Waals surface area contributed by atoms with Crippen LogP contribution in [0.2, 0.25) is 0 Å². The number of nitrogens with two attached hydrogens (primary N) is 1. The van der Waals surface area contributed by atoms with Crippen LogP contribution in [-0.4, -0.2) is 18.8 Å². The largest absolute Gasteiger partial charge is 0.479 e. The molecule has 0 amide bonds. The minimum absolute atomic E-state index is 0.478. The molecule has 12 heavy (non-hydrogen) atoms. The molecule has 0 saturated heterocycles. The van der Waals surface area contributed by atoms with Crippen molar-refractivity contribution in [2.75, 3.05) is 13.7 Å². The first-order valence-electron chi connectivity index (χ1n) is 4.06. The summed E-state index contributed by atoms with van der Waals surface area (Å²) in [5.41, 5.74) is 5.51. The van der Waals surface area contributed by atoms with Gasteiger partial charge in [0, 0.05) is 12.0 Å². The van der Waals surface area contributed by atoms with Gasteiger partial charge in [0.25, 0.3) is 5.88 Å². The van der Waals surface area contributed by atoms with Gasteiger partial charge in [0.15, 0.2) is 0 Å². The molecule has 66 valence electrons. The molecule has 1 aliphatic rings. The van der Waals surface area contributed by atoms with Crippen molar-refractivity contribution in [3.05, 3.63) is 11.8 Å². The lowest BCUT2D eigenvalue weighted by Crippen LogP contribution is -2.01. The van der Waals surface area contributed by atoms with Crippen molar-refractivity contribution >= 4 is 0 Å². The first-order chi connectivity index (χ1) is 5.85. The minimum Gasteiger partial charge on any atom is -0.479 e. The Morgan fingerprint density at radius 3 is 3.17 bits per heavy atom. The van der Waals surface area contributed by atoms with Crippen molar-refractivity contribution in [3.8, 4) is 5.88 Å². The quantitative estimate of drug-likeness (QED) is 0.723. The highest BCUT2D eigenvalue weighted by Gasteiger charge is 2.40. The zero-order valence-corrected chi connectivity index (χ0v) is 6.99. The predicted octanol–water partition coefficient (Wildman–Crippen LogP) is 0.745. The molecule has 1 aliphatic carbocycles. The molecule has 4 nitrogen and oxygen atoms in total. The average Bonchev–Trinajstić information content (AvgIpc) is 2.75. The summed E-state index contributed by atoms with van der Waals surface area (Å²) in [6.45, 7) is 0.730. The van der Waals surface area contributed by atoms with E-state index in [-0.39, 0.29) is 0 Å². The van der Waals surface area contributed by atoms with Crippen molar-refractivity contribution < 1.29 is 9.26 Å². The van der Waals surface area contributed by atoms with Crippen LogP contribution in [-0.2, 0) is 0 Å². The Morgan fingerprint density at radius 2 is 2.67 bits per heavy atom. The smallest absolute Gasteiger partial charge is 0.254 e. The highest BCUT2D eigenvalue weighted by molar-refractivity contribution is 5.20. The van der Waals surface area contributed by atoms with Crippen LogP contribution in [0.1, 0.15) is 18.1 Å². The Balaban J connectivity index is 2.05. The molecule has 0 spiro atoms. The van der Waals surface area contributed by atoms with E-state index in [1.54, 1.807) is 7.11 Å². The maximum atomic E-state index is 5.51. The fourth-order valence-corrected chi connectivity index (χ4v) is 1.40. The summed E-state index contributed by atoms with van der Waals surface area (Å²) in [6.07, 6.45) is 1.12. The lowest BCUT2D eigenvalue weighted by atomic mass is 10.2. The normalized spacial score (nSPS) is 27.2. The molecule has 1 heterocycles. The van der Waals surface area contributed by atoms with Gasteiger partial charge < -0.3 is 15.0 Å². The van der Waals surface area contributed by atoms with Crippen molar-refractivity contribution in [1.82, 2.24) is 5.16 Å². The maximum absolute atomic E-state index is 5.51. The van der Waals surface area contributed by atoms with E-state index in [1.807, 2.05) is 6.07 Å². The van der Waals surface area contributed by atoms with E-state index in [0.717, 1.165) is 18.7 Å². The molecule has 0 aromatic carbocycles. The number of methoxy groups -OCH3 is 1. The minimum atomic E-state index is 0.478. The van der Waals surface area contributed by atoms with Gasteiger partial charge in [-0.3, -0.25) is 0 Å². The summed E-state index contributed by atoms with van der Waals surface area (Å²) in [5, 5.41) is 3.73. The highest BCUT2D eigenvalue weighted by atomic mass is 16.5. The van der Waals surface area contributed by atoms with E-state index in [2.05, 4.69) is 5.16 Å². The van der Waals surface area contributed by atoms with E-state index < -0.39 is 0 Å². The Labute approximate surface area is 70.7 Å². The van der Waals surface area contributed by atoms with E-state index in [1.165, 1.54) is 0 Å². The molecule has 4 heteroatoms. The van der Waals surface area contributed by atoms with Crippen LogP contribution < -0.4 is 10.5 Å². The number of aromatic nitrogens is 1. The van der Waals surface area contributed by atoms with Gasteiger partial charge in [0.1, 0.15) is 5.76 Å². The van der Waals surface area contributed by atoms with Gasteiger partial charge in [-0.05, 0) is 24.0 Å². The van der Waals surface area contributed by atoms with Crippen LogP contribution in [0.4, 0.5) is 0 Å². The second-order valence-electron chi connectivity index (χ2n) is 3.11. The third-order valence-corrected chi connectivity index (χ3v) is 2.31. The molecule has 1 aromatic rings. The second-order valence-corrected chi connectivity index (χ2v) is 3.11. The van der Waals surface area contributed by atoms with Crippen LogP contribution in [0, 0.1) is 5.92 Å². The van der Waals surface area contributed by atoms with Crippen LogP contribution in [0.25, 0.3) is 0 Å². The molecular weight excluding hydrogens is 156 g/mol. The molecule has 1 aromatic heterocycles. The van der Waals surface area contributed by atoms with Gasteiger partial charge in [-0.2, -0.15) is 0 Å². The monoisotopic (exact) mass is 168 g/mol. The van der Waals surface area contributed by atoms with Gasteiger partial charge in [-0.1, -0.05) is 0 Å². The van der Waals surface area contributed by atoms with Crippen LogP contribution in [0.15, 0.2) is 10.6 Å². The van der Waals surface area contributed by atoms with Crippen molar-refractivity contribution in [1.29, 1.82) is 0 Å². The van der Waals surface area contributed by atoms with Crippen molar-refractivity contribution in [3.63, 3.8) is 0 Å². The maximum Gasteiger partial charge on any atom is 0.254 e. The first kappa shape index (κ1) is 7.61. The molecule has 1 saturated carbocycles. The standard InChI is InChI=1S/C8H12N2O2/c1-11-8-3-7(12-10-8)6-2-5(6)4-9/h3,5-6H,2,4,9H2,1H3. The zero-order valence-electron chi connectivity index (χ0n) is 6.99. The van der Waals surface area contributed by atoms with Crippen molar-refractivity contribution in [2.24, 2.45) is 11.7 Å². The molecule has 2 rings (SSSR count). The van der Waals surface area contributed by atoms with E-state index in [9.17, 15) is 0 Å². The van der Waals surface area contributed by atoms with Crippen LogP contribution >= 0.6 is 0 Å². The van der Waals surface area contributed by atoms with E-state index in [4.69, 9.17) is 15.0 Å². The second kappa shape index (κ2) is 2.79. The van der Waals surface area contributed by atoms with Gasteiger partial charge in [0.2, 0.25) is 0 Å². The average molecular weight is 168 g/mol. The third kappa shape index (κ3) is 1.18. The zero-order chi connectivity index (χ0) is 8.55. The van der Waals surface area contributed by atoms with Gasteiger partial charge in [0.05, 0.1) is 7.11 Å². The number of nitrogens with zero attached hydrogens (tertiary/aromatic N) is 1. The Morgan fingerprint density at radius 1 is 1.83 bits per heavy atom. The summed E-state index contributed by atoms with van der Waals surface area (Å²) in [7, 11) is 1.58. The van der Waals surface area contributed by atoms with Crippen LogP contribution in [0.3, 0.4) is 0 Å². The summed E-state index contributed by atoms with van der Waals surface area (Å²) >= 11 is 0. The predicted molar refractivity (Wildman–Crippen MR) is 43.0 cm³/mol. The summed E-state index contributed by atoms with van der Waals surface area (Å²) in [5.74, 6) is 2.52. The van der Waals surface area contributed by atoms with E-state index in [0.29, 0.717) is 17.7 Å². The Bertz CT molecular complexity index is 272. The van der Waals surface area contributed by atoms with Gasteiger partial charge in [-0.25, -0.2) is 0 Å². The fourth-order valence-electron chi connectivity index (χ4n) is 1.40. The van der Waals surface area contributed by atoms with Crippen molar-refractivity contribution in [2.45, 2.75) is 12.3 Å². The molecular formula is C8H12N2O2. The van der Waals surface area contributed by atoms with Gasteiger partial charge >= 0.3 is 0 Å². The van der Waals surface area contributed by atoms with Gasteiger partial charge in [-0.15, -0.1) is 0 Å². The topological polar surface area (TPSA) is 61.3 Å². The molecule has 0 radical (unpaired) electrons. The molecule has 2 unspecified atom stereocenters. The lowest BCUT2D eigenvalue weighted by Gasteiger charge is -1.88. The molecule has 0 bridgehead atoms. The number of hydrogen-bond acceptors (Lipinski definition) is 4. The highest BCUT2D eigenvalue weighted by Crippen LogP contribution is 2.47. The Kier molecular flexibility index (Phi) is 1.77. The summed E-state index contributed by atoms with van der Waals surface area (Å²) < 4.78 is 9.99. The number of rotatable bonds is 3. The van der Waals surface area contributed by atoms with E-state index >= 15 is 0 Å². The molecule has 1 fully saturated rings. The number of hydrogen-bond donors (Lipinski definition) is 1. The van der Waals surface area contributed by atoms with Crippen LogP contribution in [0.5, 0.6) is 5.88 Å². The SMILES string of the molecule is COc1cc(C2CC2CN)on1. The molecule has 2 N–H and O–H groups in total. The summed E-state index contributed by atoms with van der Waals surface area (Å²) in [4.78, 5) is 0. The molecule has 0 aliphatic heterocycles. The fraction of sp³-hybridized carbons (Fsp3) is 0.625. The number of ether oxygens (including phenoxy) is 1. The molecule has 2 atom stereocenters. The first-order valence-corrected chi connectivity index (χ1v) is 4.06. The Hall–Kier alpha value is -1.03. The lowest BCUT2D eigenvalue weighted by molar-refractivity contribution is 0.325. The third-order valence-electron chi connectivity index (χ3n) is 2.31. The summed E-state index contributed by atoms with van der Waals surface area (Å²) in [6, 6.07) is 1.83.